The molecule has 0 unspecified atom stereocenters. The van der Waals surface area contributed by atoms with E-state index in [4.69, 9.17) is 16.3 Å². The smallest absolute Gasteiger partial charge is 0.124 e. The normalized spacial score (nSPS) is 10.2. The molecule has 3 rings (SSSR count). The van der Waals surface area contributed by atoms with Crippen molar-refractivity contribution in [1.29, 1.82) is 0 Å². The van der Waals surface area contributed by atoms with E-state index in [2.05, 4.69) is 10.3 Å². The number of nitrogens with zero attached hydrogens (tertiary/aromatic N) is 1. The highest BCUT2D eigenvalue weighted by Gasteiger charge is 2.06. The van der Waals surface area contributed by atoms with Crippen molar-refractivity contribution in [1.82, 2.24) is 10.3 Å². The van der Waals surface area contributed by atoms with E-state index in [9.17, 15) is 4.39 Å². The Labute approximate surface area is 163 Å². The van der Waals surface area contributed by atoms with Crippen LogP contribution in [0, 0.1) is 5.82 Å². The third-order valence-electron chi connectivity index (χ3n) is 3.70. The summed E-state index contributed by atoms with van der Waals surface area (Å²) in [7, 11) is 0. The lowest BCUT2D eigenvalue weighted by Gasteiger charge is -2.13. The second-order valence-corrected chi connectivity index (χ2v) is 6.07. The quantitative estimate of drug-likeness (QED) is 0.602. The van der Waals surface area contributed by atoms with Gasteiger partial charge in [0, 0.05) is 36.1 Å². The van der Waals surface area contributed by atoms with Crippen molar-refractivity contribution in [3.05, 3.63) is 94.5 Å². The van der Waals surface area contributed by atoms with E-state index in [1.165, 1.54) is 12.1 Å². The van der Waals surface area contributed by atoms with Crippen LogP contribution in [0.25, 0.3) is 0 Å². The molecule has 0 radical (unpaired) electrons. The Morgan fingerprint density at radius 2 is 1.81 bits per heavy atom. The standard InChI is InChI=1S/C20H18ClFN2O.ClH/c21-18-5-8-20(25-14-15-3-6-19(22)7-4-15)17(10-18)13-24-12-16-2-1-9-23-11-16;/h1-11,24H,12-14H2;1H. The number of hydrogen-bond acceptors (Lipinski definition) is 3. The van der Waals surface area contributed by atoms with Crippen LogP contribution in [-0.4, -0.2) is 4.98 Å². The molecule has 3 aromatic rings. The summed E-state index contributed by atoms with van der Waals surface area (Å²) in [6, 6.07) is 15.7. The summed E-state index contributed by atoms with van der Waals surface area (Å²) in [4.78, 5) is 4.10. The van der Waals surface area contributed by atoms with Gasteiger partial charge in [-0.25, -0.2) is 4.39 Å². The third-order valence-corrected chi connectivity index (χ3v) is 3.93. The van der Waals surface area contributed by atoms with Crippen molar-refractivity contribution in [2.45, 2.75) is 19.7 Å². The summed E-state index contributed by atoms with van der Waals surface area (Å²) in [5.41, 5.74) is 2.99. The summed E-state index contributed by atoms with van der Waals surface area (Å²) in [5, 5.41) is 4.02. The van der Waals surface area contributed by atoms with Crippen LogP contribution in [0.2, 0.25) is 5.02 Å². The molecule has 0 aliphatic carbocycles. The van der Waals surface area contributed by atoms with E-state index in [0.29, 0.717) is 24.7 Å². The van der Waals surface area contributed by atoms with Crippen LogP contribution in [0.4, 0.5) is 4.39 Å². The minimum Gasteiger partial charge on any atom is -0.489 e. The van der Waals surface area contributed by atoms with Gasteiger partial charge in [0.25, 0.3) is 0 Å². The molecule has 0 aliphatic rings. The van der Waals surface area contributed by atoms with Gasteiger partial charge in [-0.2, -0.15) is 0 Å². The molecule has 0 spiro atoms. The van der Waals surface area contributed by atoms with Crippen molar-refractivity contribution < 1.29 is 9.13 Å². The molecule has 3 nitrogen and oxygen atoms in total. The minimum absolute atomic E-state index is 0. The predicted molar refractivity (Wildman–Crippen MR) is 104 cm³/mol. The average molecular weight is 393 g/mol. The number of aromatic nitrogens is 1. The second-order valence-electron chi connectivity index (χ2n) is 5.63. The zero-order valence-corrected chi connectivity index (χ0v) is 15.6. The van der Waals surface area contributed by atoms with Gasteiger partial charge in [-0.1, -0.05) is 29.8 Å². The van der Waals surface area contributed by atoms with Crippen LogP contribution in [0.1, 0.15) is 16.7 Å². The van der Waals surface area contributed by atoms with Crippen molar-refractivity contribution in [3.8, 4) is 5.75 Å². The topological polar surface area (TPSA) is 34.1 Å². The van der Waals surface area contributed by atoms with Gasteiger partial charge in [0.2, 0.25) is 0 Å². The number of pyridine rings is 1. The SMILES string of the molecule is Cl.Fc1ccc(COc2ccc(Cl)cc2CNCc2cccnc2)cc1. The highest BCUT2D eigenvalue weighted by molar-refractivity contribution is 6.30. The van der Waals surface area contributed by atoms with Gasteiger partial charge in [-0.15, -0.1) is 12.4 Å². The molecule has 0 bridgehead atoms. The number of ether oxygens (including phenoxy) is 1. The van der Waals surface area contributed by atoms with Crippen molar-refractivity contribution in [2.24, 2.45) is 0 Å². The second kappa shape index (κ2) is 10.1. The lowest BCUT2D eigenvalue weighted by atomic mass is 10.2. The van der Waals surface area contributed by atoms with Crippen LogP contribution >= 0.6 is 24.0 Å². The monoisotopic (exact) mass is 392 g/mol. The molecule has 0 saturated heterocycles. The van der Waals surface area contributed by atoms with Crippen LogP contribution in [-0.2, 0) is 19.7 Å². The molecule has 1 N–H and O–H groups in total. The molecule has 136 valence electrons. The number of hydrogen-bond donors (Lipinski definition) is 1. The van der Waals surface area contributed by atoms with Crippen molar-refractivity contribution >= 4 is 24.0 Å². The Morgan fingerprint density at radius 3 is 2.54 bits per heavy atom. The fourth-order valence-electron chi connectivity index (χ4n) is 2.41. The summed E-state index contributed by atoms with van der Waals surface area (Å²) in [6.45, 7) is 1.70. The van der Waals surface area contributed by atoms with Crippen LogP contribution in [0.3, 0.4) is 0 Å². The highest BCUT2D eigenvalue weighted by Crippen LogP contribution is 2.24. The fraction of sp³-hybridized carbons (Fsp3) is 0.150. The van der Waals surface area contributed by atoms with Crippen LogP contribution in [0.15, 0.2) is 67.0 Å². The van der Waals surface area contributed by atoms with Crippen molar-refractivity contribution in [3.63, 3.8) is 0 Å². The molecule has 0 atom stereocenters. The molecule has 0 saturated carbocycles. The van der Waals surface area contributed by atoms with Gasteiger partial charge in [0.05, 0.1) is 0 Å². The summed E-state index contributed by atoms with van der Waals surface area (Å²) >= 11 is 6.11. The van der Waals surface area contributed by atoms with Gasteiger partial charge in [-0.05, 0) is 47.5 Å². The molecule has 6 heteroatoms. The Morgan fingerprint density at radius 1 is 1.00 bits per heavy atom. The number of benzene rings is 2. The number of halogens is 3. The van der Waals surface area contributed by atoms with Gasteiger partial charge >= 0.3 is 0 Å². The predicted octanol–water partition coefficient (Wildman–Crippen LogP) is 5.16. The van der Waals surface area contributed by atoms with Gasteiger partial charge in [0.1, 0.15) is 18.2 Å². The summed E-state index contributed by atoms with van der Waals surface area (Å²) in [5.74, 6) is 0.503. The van der Waals surface area contributed by atoms with Crippen molar-refractivity contribution in [2.75, 3.05) is 0 Å². The molecule has 26 heavy (non-hydrogen) atoms. The maximum Gasteiger partial charge on any atom is 0.124 e. The highest BCUT2D eigenvalue weighted by atomic mass is 35.5. The Hall–Kier alpha value is -2.14. The lowest BCUT2D eigenvalue weighted by molar-refractivity contribution is 0.302. The molecule has 1 aromatic heterocycles. The lowest BCUT2D eigenvalue weighted by Crippen LogP contribution is -2.13. The Kier molecular flexibility index (Phi) is 7.85. The molecule has 2 aromatic carbocycles. The largest absolute Gasteiger partial charge is 0.489 e. The first-order chi connectivity index (χ1) is 12.2. The molecular formula is C20H19Cl2FN2O. The zero-order valence-electron chi connectivity index (χ0n) is 14.0. The molecule has 0 fully saturated rings. The molecule has 0 amide bonds. The van der Waals surface area contributed by atoms with Gasteiger partial charge in [0.15, 0.2) is 0 Å². The van der Waals surface area contributed by atoms with Gasteiger partial charge in [-0.3, -0.25) is 4.98 Å². The summed E-state index contributed by atoms with van der Waals surface area (Å²) in [6.07, 6.45) is 3.58. The van der Waals surface area contributed by atoms with E-state index < -0.39 is 0 Å². The van der Waals surface area contributed by atoms with Crippen LogP contribution in [0.5, 0.6) is 5.75 Å². The summed E-state index contributed by atoms with van der Waals surface area (Å²) < 4.78 is 18.9. The zero-order chi connectivity index (χ0) is 17.5. The van der Waals surface area contributed by atoms with E-state index in [1.54, 1.807) is 24.4 Å². The fourth-order valence-corrected chi connectivity index (χ4v) is 2.61. The van der Waals surface area contributed by atoms with Crippen LogP contribution < -0.4 is 10.1 Å². The minimum atomic E-state index is -0.254. The Balaban J connectivity index is 0.00000243. The molecule has 0 aliphatic heterocycles. The first-order valence-corrected chi connectivity index (χ1v) is 8.34. The maximum atomic E-state index is 13.0. The molecular weight excluding hydrogens is 374 g/mol. The first kappa shape index (κ1) is 20.2. The Bertz CT molecular complexity index is 814. The van der Waals surface area contributed by atoms with Gasteiger partial charge < -0.3 is 10.1 Å². The number of nitrogens with one attached hydrogen (secondary N) is 1. The van der Waals surface area contributed by atoms with E-state index in [-0.39, 0.29) is 18.2 Å². The third kappa shape index (κ3) is 5.99. The first-order valence-electron chi connectivity index (χ1n) is 7.96. The van der Waals surface area contributed by atoms with E-state index in [1.807, 2.05) is 30.5 Å². The maximum absolute atomic E-state index is 13.0. The molecule has 1 heterocycles. The number of rotatable bonds is 7. The van der Waals surface area contributed by atoms with E-state index in [0.717, 1.165) is 22.4 Å². The van der Waals surface area contributed by atoms with E-state index >= 15 is 0 Å². The average Bonchev–Trinajstić information content (AvgIpc) is 2.63.